The molecule has 3 heteroatoms. The number of nitrogens with zero attached hydrogens (tertiary/aromatic N) is 2. The van der Waals surface area contributed by atoms with Crippen molar-refractivity contribution in [3.05, 3.63) is 186 Å². The molecule has 0 fully saturated rings. The highest BCUT2D eigenvalue weighted by atomic mass is 32.1. The lowest BCUT2D eigenvalue weighted by molar-refractivity contribution is 0.924. The van der Waals surface area contributed by atoms with Crippen LogP contribution in [0.15, 0.2) is 164 Å². The molecule has 1 aliphatic carbocycles. The summed E-state index contributed by atoms with van der Waals surface area (Å²) in [7, 11) is 0. The predicted molar refractivity (Wildman–Crippen MR) is 234 cm³/mol. The summed E-state index contributed by atoms with van der Waals surface area (Å²) in [6, 6.07) is 53.7. The van der Waals surface area contributed by atoms with Crippen LogP contribution < -0.4 is 10.6 Å². The fourth-order valence-electron chi connectivity index (χ4n) is 9.08. The molecule has 0 saturated heterocycles. The Labute approximate surface area is 317 Å². The summed E-state index contributed by atoms with van der Waals surface area (Å²) in [5.74, 6) is 0.166. The van der Waals surface area contributed by atoms with Crippen LogP contribution in [-0.2, 0) is 0 Å². The van der Waals surface area contributed by atoms with Gasteiger partial charge in [-0.3, -0.25) is 0 Å². The Morgan fingerprint density at radius 2 is 1.31 bits per heavy atom. The van der Waals surface area contributed by atoms with Gasteiger partial charge in [-0.15, -0.1) is 11.3 Å². The van der Waals surface area contributed by atoms with Crippen LogP contribution in [0.2, 0.25) is 0 Å². The molecule has 7 aromatic carbocycles. The molecule has 0 spiro atoms. The number of allylic oxidation sites excluding steroid dienone is 3. The van der Waals surface area contributed by atoms with Crippen LogP contribution in [0.1, 0.15) is 30.4 Å². The zero-order valence-electron chi connectivity index (χ0n) is 29.9. The second-order valence-electron chi connectivity index (χ2n) is 14.4. The van der Waals surface area contributed by atoms with E-state index >= 15 is 0 Å². The molecule has 54 heavy (non-hydrogen) atoms. The molecule has 0 N–H and O–H groups in total. The molecule has 0 bridgehead atoms. The summed E-state index contributed by atoms with van der Waals surface area (Å²) in [5, 5.41) is 11.9. The fraction of sp³-hybridized carbons (Fsp3) is 0.0588. The van der Waals surface area contributed by atoms with Crippen molar-refractivity contribution >= 4 is 93.2 Å². The normalized spacial score (nSPS) is 14.6. The SMILES string of the molecule is C/C=C\C=C/c1ccc2c3c(C4C=c5c(n(-c6ccccc6)c6ccccc56)=CC4)c4c(cc3n(-c3ccccc3)c2c1)sc1ccc2ccccc2c14. The van der Waals surface area contributed by atoms with E-state index in [1.54, 1.807) is 0 Å². The molecule has 1 aliphatic rings. The minimum Gasteiger partial charge on any atom is -0.310 e. The van der Waals surface area contributed by atoms with E-state index < -0.39 is 0 Å². The molecular formula is C51H36N2S. The Morgan fingerprint density at radius 1 is 0.574 bits per heavy atom. The minimum atomic E-state index is 0.166. The zero-order valence-corrected chi connectivity index (χ0v) is 30.7. The number of benzene rings is 7. The van der Waals surface area contributed by atoms with Crippen LogP contribution in [0.3, 0.4) is 0 Å². The third kappa shape index (κ3) is 4.65. The fourth-order valence-corrected chi connectivity index (χ4v) is 10.3. The van der Waals surface area contributed by atoms with Crippen molar-refractivity contribution in [1.29, 1.82) is 0 Å². The predicted octanol–water partition coefficient (Wildman–Crippen LogP) is 12.6. The van der Waals surface area contributed by atoms with Crippen molar-refractivity contribution < 1.29 is 0 Å². The van der Waals surface area contributed by atoms with Gasteiger partial charge in [-0.2, -0.15) is 0 Å². The highest BCUT2D eigenvalue weighted by Crippen LogP contribution is 2.49. The number of thiophene rings is 1. The quantitative estimate of drug-likeness (QED) is 0.158. The van der Waals surface area contributed by atoms with Crippen LogP contribution in [0.5, 0.6) is 0 Å². The van der Waals surface area contributed by atoms with Gasteiger partial charge in [0.05, 0.1) is 16.6 Å². The standard InChI is InChI=1S/C51H36N2S/c1-2-3-6-15-33-24-27-40-44(30-33)53(37-19-9-5-10-20-37)45-32-47-51(50-38-21-12-11-16-34(38)26-29-46(50)54-47)48(49(40)45)35-25-28-43-41(31-35)39-22-13-14-23-42(39)52(43)36-17-7-4-8-18-36/h2-24,26-32,35H,25H2,1H3/b3-2-,15-6-. The van der Waals surface area contributed by atoms with Gasteiger partial charge in [-0.1, -0.05) is 134 Å². The number of aromatic nitrogens is 2. The smallest absolute Gasteiger partial charge is 0.0558 e. The maximum absolute atomic E-state index is 2.60. The molecule has 0 amide bonds. The van der Waals surface area contributed by atoms with E-state index in [2.05, 4.69) is 198 Å². The molecule has 0 aliphatic heterocycles. The number of fused-ring (bicyclic) bond motifs is 11. The van der Waals surface area contributed by atoms with Crippen molar-refractivity contribution in [1.82, 2.24) is 9.13 Å². The van der Waals surface area contributed by atoms with Crippen molar-refractivity contribution in [2.45, 2.75) is 19.3 Å². The maximum atomic E-state index is 2.60. The Balaban J connectivity index is 1.31. The van der Waals surface area contributed by atoms with Gasteiger partial charge in [0, 0.05) is 64.2 Å². The lowest BCUT2D eigenvalue weighted by Crippen LogP contribution is -2.31. The number of hydrogen-bond donors (Lipinski definition) is 0. The second-order valence-corrected chi connectivity index (χ2v) is 15.4. The molecule has 10 aromatic rings. The van der Waals surface area contributed by atoms with E-state index in [9.17, 15) is 0 Å². The molecule has 3 heterocycles. The van der Waals surface area contributed by atoms with Gasteiger partial charge in [0.25, 0.3) is 0 Å². The summed E-state index contributed by atoms with van der Waals surface area (Å²) in [6.45, 7) is 2.06. The van der Waals surface area contributed by atoms with Gasteiger partial charge < -0.3 is 9.13 Å². The molecule has 0 saturated carbocycles. The van der Waals surface area contributed by atoms with Gasteiger partial charge in [0.1, 0.15) is 0 Å². The first kappa shape index (κ1) is 31.1. The van der Waals surface area contributed by atoms with Gasteiger partial charge in [-0.05, 0) is 83.8 Å². The van der Waals surface area contributed by atoms with Crippen LogP contribution in [0, 0.1) is 0 Å². The number of para-hydroxylation sites is 3. The maximum Gasteiger partial charge on any atom is 0.0558 e. The first-order valence-corrected chi connectivity index (χ1v) is 19.7. The van der Waals surface area contributed by atoms with Crippen LogP contribution in [-0.4, -0.2) is 9.13 Å². The van der Waals surface area contributed by atoms with Gasteiger partial charge in [-0.25, -0.2) is 0 Å². The summed E-state index contributed by atoms with van der Waals surface area (Å²) < 4.78 is 7.63. The van der Waals surface area contributed by atoms with Gasteiger partial charge in [0.15, 0.2) is 0 Å². The molecule has 1 unspecified atom stereocenters. The summed E-state index contributed by atoms with van der Waals surface area (Å²) in [4.78, 5) is 0. The average Bonchev–Trinajstić information content (AvgIpc) is 3.88. The van der Waals surface area contributed by atoms with Crippen molar-refractivity contribution in [2.75, 3.05) is 0 Å². The Hall–Kier alpha value is -6.42. The summed E-state index contributed by atoms with van der Waals surface area (Å²) >= 11 is 1.93. The topological polar surface area (TPSA) is 9.86 Å². The number of hydrogen-bond acceptors (Lipinski definition) is 1. The van der Waals surface area contributed by atoms with Gasteiger partial charge in [0.2, 0.25) is 0 Å². The minimum absolute atomic E-state index is 0.166. The molecule has 0 radical (unpaired) electrons. The van der Waals surface area contributed by atoms with E-state index in [4.69, 9.17) is 0 Å². The van der Waals surface area contributed by atoms with Crippen molar-refractivity contribution in [3.8, 4) is 11.4 Å². The molecule has 2 nitrogen and oxygen atoms in total. The van der Waals surface area contributed by atoms with Crippen molar-refractivity contribution in [3.63, 3.8) is 0 Å². The average molecular weight is 709 g/mol. The first-order valence-electron chi connectivity index (χ1n) is 18.8. The third-order valence-corrected chi connectivity index (χ3v) is 12.4. The molecule has 3 aromatic heterocycles. The highest BCUT2D eigenvalue weighted by molar-refractivity contribution is 7.26. The molecule has 256 valence electrons. The summed E-state index contributed by atoms with van der Waals surface area (Å²) in [6.07, 6.45) is 14.5. The highest BCUT2D eigenvalue weighted by Gasteiger charge is 2.27. The van der Waals surface area contributed by atoms with E-state index in [1.807, 2.05) is 11.3 Å². The second kappa shape index (κ2) is 12.3. The lowest BCUT2D eigenvalue weighted by Gasteiger charge is -2.19. The monoisotopic (exact) mass is 708 g/mol. The first-order chi connectivity index (χ1) is 26.8. The van der Waals surface area contributed by atoms with Gasteiger partial charge >= 0.3 is 0 Å². The van der Waals surface area contributed by atoms with E-state index in [1.165, 1.54) is 96.7 Å². The summed E-state index contributed by atoms with van der Waals surface area (Å²) in [5.41, 5.74) is 8.73. The van der Waals surface area contributed by atoms with Crippen molar-refractivity contribution in [2.24, 2.45) is 0 Å². The number of rotatable bonds is 5. The Kier molecular flexibility index (Phi) is 7.11. The van der Waals surface area contributed by atoms with E-state index in [0.717, 1.165) is 6.42 Å². The third-order valence-electron chi connectivity index (χ3n) is 11.3. The van der Waals surface area contributed by atoms with Crippen LogP contribution in [0.4, 0.5) is 0 Å². The van der Waals surface area contributed by atoms with E-state index in [-0.39, 0.29) is 5.92 Å². The zero-order chi connectivity index (χ0) is 35.8. The van der Waals surface area contributed by atoms with Crippen LogP contribution in [0.25, 0.3) is 93.3 Å². The molecular weight excluding hydrogens is 673 g/mol. The van der Waals surface area contributed by atoms with E-state index in [0.29, 0.717) is 0 Å². The van der Waals surface area contributed by atoms with Crippen LogP contribution >= 0.6 is 11.3 Å². The Bertz CT molecular complexity index is 3300. The molecule has 1 atom stereocenters. The lowest BCUT2D eigenvalue weighted by atomic mass is 9.85. The largest absolute Gasteiger partial charge is 0.310 e. The Morgan fingerprint density at radius 3 is 2.13 bits per heavy atom. The molecule has 11 rings (SSSR count).